The zero-order valence-corrected chi connectivity index (χ0v) is 24.1. The third-order valence-corrected chi connectivity index (χ3v) is 13.7. The largest absolute Gasteiger partial charge is 0.416 e. The van der Waals surface area contributed by atoms with Gasteiger partial charge in [0.2, 0.25) is 0 Å². The number of aliphatic hydroxyl groups excluding tert-OH is 1. The van der Waals surface area contributed by atoms with Crippen molar-refractivity contribution in [3.63, 3.8) is 0 Å². The molecule has 0 spiro atoms. The van der Waals surface area contributed by atoms with E-state index in [2.05, 4.69) is 19.9 Å². The molecule has 39 heavy (non-hydrogen) atoms. The summed E-state index contributed by atoms with van der Waals surface area (Å²) in [6.45, 7) is 5.29. The number of alkyl halides is 3. The molecule has 0 radical (unpaired) electrons. The molecule has 3 fully saturated rings. The fraction of sp³-hybridized carbons (Fsp3) is 0.742. The van der Waals surface area contributed by atoms with Crippen LogP contribution in [0, 0.1) is 34.5 Å². The lowest BCUT2D eigenvalue weighted by molar-refractivity contribution is -0.255. The predicted molar refractivity (Wildman–Crippen MR) is 145 cm³/mol. The maximum absolute atomic E-state index is 13.8. The molecule has 1 aromatic carbocycles. The van der Waals surface area contributed by atoms with Crippen LogP contribution in [0.2, 0.25) is 0 Å². The summed E-state index contributed by atoms with van der Waals surface area (Å²) in [6, 6.07) is 7.70. The van der Waals surface area contributed by atoms with Gasteiger partial charge in [0, 0.05) is 6.42 Å². The number of benzene rings is 1. The van der Waals surface area contributed by atoms with Gasteiger partial charge in [-0.05, 0) is 111 Å². The second kappa shape index (κ2) is 9.87. The molecule has 218 valence electrons. The molecular formula is C31H43F3O4S. The molecule has 4 aliphatic rings. The van der Waals surface area contributed by atoms with E-state index in [4.69, 9.17) is 0 Å². The molecule has 2 N–H and O–H groups in total. The van der Waals surface area contributed by atoms with E-state index >= 15 is 0 Å². The number of rotatable bonds is 6. The highest BCUT2D eigenvalue weighted by molar-refractivity contribution is 7.92. The van der Waals surface area contributed by atoms with Gasteiger partial charge in [-0.3, -0.25) is 0 Å². The number of allylic oxidation sites excluding steroid dienone is 1. The lowest BCUT2D eigenvalue weighted by Gasteiger charge is -2.58. The molecule has 8 unspecified atom stereocenters. The minimum Gasteiger partial charge on any atom is -0.393 e. The number of aliphatic hydroxyl groups is 2. The number of fused-ring (bicyclic) bond motifs is 5. The van der Waals surface area contributed by atoms with Gasteiger partial charge in [-0.25, -0.2) is 8.42 Å². The molecule has 1 aromatic rings. The van der Waals surface area contributed by atoms with Crippen molar-refractivity contribution in [2.24, 2.45) is 34.5 Å². The van der Waals surface area contributed by atoms with E-state index in [-0.39, 0.29) is 34.2 Å². The first-order valence-electron chi connectivity index (χ1n) is 14.6. The summed E-state index contributed by atoms with van der Waals surface area (Å²) < 4.78 is 68.7. The van der Waals surface area contributed by atoms with Crippen LogP contribution in [-0.2, 0) is 9.84 Å². The number of sulfone groups is 1. The Morgan fingerprint density at radius 3 is 2.38 bits per heavy atom. The van der Waals surface area contributed by atoms with E-state index in [9.17, 15) is 31.8 Å². The zero-order valence-electron chi connectivity index (χ0n) is 23.3. The smallest absolute Gasteiger partial charge is 0.393 e. The van der Waals surface area contributed by atoms with Gasteiger partial charge < -0.3 is 10.2 Å². The molecule has 4 aliphatic carbocycles. The number of halogens is 3. The third kappa shape index (κ3) is 4.90. The number of hydrogen-bond acceptors (Lipinski definition) is 4. The molecule has 9 atom stereocenters. The molecule has 0 aliphatic heterocycles. The van der Waals surface area contributed by atoms with Crippen LogP contribution in [0.15, 0.2) is 46.9 Å². The van der Waals surface area contributed by atoms with Gasteiger partial charge >= 0.3 is 6.18 Å². The van der Waals surface area contributed by atoms with Gasteiger partial charge in [0.05, 0.1) is 16.2 Å². The van der Waals surface area contributed by atoms with E-state index in [1.807, 2.05) is 0 Å². The highest BCUT2D eigenvalue weighted by atomic mass is 32.2. The monoisotopic (exact) mass is 568 g/mol. The maximum Gasteiger partial charge on any atom is 0.416 e. The molecule has 5 rings (SSSR count). The van der Waals surface area contributed by atoms with Gasteiger partial charge in [0.1, 0.15) is 0 Å². The molecule has 3 saturated carbocycles. The van der Waals surface area contributed by atoms with Crippen molar-refractivity contribution in [1.29, 1.82) is 0 Å². The first kappa shape index (κ1) is 29.1. The van der Waals surface area contributed by atoms with E-state index in [0.717, 1.165) is 51.4 Å². The van der Waals surface area contributed by atoms with Crippen LogP contribution in [0.1, 0.15) is 85.0 Å². The Balaban J connectivity index is 1.43. The Bertz CT molecular complexity index is 1190. The average molecular weight is 569 g/mol. The molecule has 4 nitrogen and oxygen atoms in total. The minimum absolute atomic E-state index is 0.00809. The van der Waals surface area contributed by atoms with Crippen LogP contribution < -0.4 is 0 Å². The Labute approximate surface area is 231 Å². The van der Waals surface area contributed by atoms with Crippen molar-refractivity contribution in [2.45, 2.75) is 113 Å². The summed E-state index contributed by atoms with van der Waals surface area (Å²) >= 11 is 0. The summed E-state index contributed by atoms with van der Waals surface area (Å²) in [7, 11) is -4.09. The van der Waals surface area contributed by atoms with E-state index in [1.165, 1.54) is 17.7 Å². The molecule has 0 amide bonds. The van der Waals surface area contributed by atoms with Gasteiger partial charge in [0.15, 0.2) is 15.4 Å². The van der Waals surface area contributed by atoms with E-state index < -0.39 is 33.3 Å². The molecule has 0 aromatic heterocycles. The van der Waals surface area contributed by atoms with Crippen molar-refractivity contribution in [1.82, 2.24) is 0 Å². The Hall–Kier alpha value is -1.38. The first-order chi connectivity index (χ1) is 18.1. The molecule has 8 heteroatoms. The zero-order chi connectivity index (χ0) is 28.4. The summed E-state index contributed by atoms with van der Waals surface area (Å²) in [5.41, 5.74) is -1.76. The van der Waals surface area contributed by atoms with Crippen LogP contribution in [-0.4, -0.2) is 41.8 Å². The molecule has 0 heterocycles. The molecule has 0 bridgehead atoms. The Kier molecular flexibility index (Phi) is 7.37. The topological polar surface area (TPSA) is 74.6 Å². The van der Waals surface area contributed by atoms with Gasteiger partial charge in [-0.15, -0.1) is 0 Å². The number of hydrogen-bond donors (Lipinski definition) is 2. The minimum atomic E-state index is -4.92. The van der Waals surface area contributed by atoms with Crippen molar-refractivity contribution in [3.8, 4) is 0 Å². The van der Waals surface area contributed by atoms with Gasteiger partial charge in [0.25, 0.3) is 0 Å². The van der Waals surface area contributed by atoms with Crippen LogP contribution in [0.25, 0.3) is 0 Å². The van der Waals surface area contributed by atoms with Crippen molar-refractivity contribution < 1.29 is 31.8 Å². The summed E-state index contributed by atoms with van der Waals surface area (Å²) in [6.07, 6.45) is 3.65. The van der Waals surface area contributed by atoms with Crippen LogP contribution in [0.4, 0.5) is 13.2 Å². The predicted octanol–water partition coefficient (Wildman–Crippen LogP) is 6.86. The lowest BCUT2D eigenvalue weighted by atomic mass is 9.47. The summed E-state index contributed by atoms with van der Waals surface area (Å²) in [4.78, 5) is 0.00809. The van der Waals surface area contributed by atoms with E-state index in [1.54, 1.807) is 18.2 Å². The van der Waals surface area contributed by atoms with E-state index in [0.29, 0.717) is 24.7 Å². The molecule has 0 saturated heterocycles. The fourth-order valence-corrected chi connectivity index (χ4v) is 11.1. The summed E-state index contributed by atoms with van der Waals surface area (Å²) in [5.74, 6) is 1.37. The molecular weight excluding hydrogens is 525 g/mol. The second-order valence-corrected chi connectivity index (χ2v) is 15.9. The van der Waals surface area contributed by atoms with Gasteiger partial charge in [-0.1, -0.05) is 43.7 Å². The first-order valence-corrected chi connectivity index (χ1v) is 16.1. The maximum atomic E-state index is 13.8. The normalized spacial score (nSPS) is 39.1. The Morgan fingerprint density at radius 2 is 1.72 bits per heavy atom. The van der Waals surface area contributed by atoms with Crippen molar-refractivity contribution in [2.75, 3.05) is 0 Å². The van der Waals surface area contributed by atoms with Crippen LogP contribution in [0.5, 0.6) is 0 Å². The van der Waals surface area contributed by atoms with Crippen molar-refractivity contribution in [3.05, 3.63) is 42.0 Å². The SMILES string of the molecule is CC12CCC(O)CC1=CCC1C2CCC2(C)C1CC[C@@H]2CC(CC(C)(O)C(F)(F)F)S(=O)(=O)c1ccccc1. The lowest BCUT2D eigenvalue weighted by Crippen LogP contribution is -2.51. The highest BCUT2D eigenvalue weighted by Crippen LogP contribution is 2.67. The summed E-state index contributed by atoms with van der Waals surface area (Å²) in [5, 5.41) is 19.3. The van der Waals surface area contributed by atoms with Crippen LogP contribution in [0.3, 0.4) is 0 Å². The fourth-order valence-electron chi connectivity index (χ4n) is 9.14. The highest BCUT2D eigenvalue weighted by Gasteiger charge is 2.60. The second-order valence-electron chi connectivity index (χ2n) is 13.7. The standard InChI is InChI=1S/C31H43F3O4S/c1-28-15-13-22(35)17-20(28)9-11-25-26-12-10-21(29(26,2)16-14-27(25)28)18-24(19-30(3,36)31(32,33)34)39(37,38)23-7-5-4-6-8-23/h4-9,21-22,24-27,35-36H,10-19H2,1-3H3/t21-,22?,24?,25?,26?,27?,28?,29?,30?/m1/s1. The average Bonchev–Trinajstić information content (AvgIpc) is 3.20. The third-order valence-electron chi connectivity index (χ3n) is 11.6. The van der Waals surface area contributed by atoms with Crippen LogP contribution >= 0.6 is 0 Å². The Morgan fingerprint density at radius 1 is 1.03 bits per heavy atom. The quantitative estimate of drug-likeness (QED) is 0.368. The van der Waals surface area contributed by atoms with Crippen molar-refractivity contribution >= 4 is 9.84 Å². The van der Waals surface area contributed by atoms with Gasteiger partial charge in [-0.2, -0.15) is 13.2 Å².